The molecule has 116 valence electrons. The number of hydrogen-bond donors (Lipinski definition) is 2. The monoisotopic (exact) mass is 291 g/mol. The molecule has 0 aromatic heterocycles. The molecule has 0 aliphatic carbocycles. The number of nitrogens with one attached hydrogen (secondary N) is 2. The van der Waals surface area contributed by atoms with Crippen LogP contribution in [0.2, 0.25) is 0 Å². The fourth-order valence-corrected chi connectivity index (χ4v) is 2.03. The van der Waals surface area contributed by atoms with Crippen molar-refractivity contribution in [1.29, 1.82) is 0 Å². The van der Waals surface area contributed by atoms with Gasteiger partial charge in [-0.05, 0) is 25.0 Å². The number of rotatable bonds is 8. The summed E-state index contributed by atoms with van der Waals surface area (Å²) in [5.74, 6) is -0.268. The Kier molecular flexibility index (Phi) is 7.29. The van der Waals surface area contributed by atoms with Gasteiger partial charge in [-0.1, -0.05) is 26.0 Å². The average Bonchev–Trinajstić information content (AvgIpc) is 2.51. The topological polar surface area (TPSA) is 61.4 Å². The summed E-state index contributed by atoms with van der Waals surface area (Å²) in [6.07, 6.45) is 1.80. The van der Waals surface area contributed by atoms with E-state index in [-0.39, 0.29) is 18.4 Å². The van der Waals surface area contributed by atoms with Crippen molar-refractivity contribution in [2.45, 2.75) is 26.7 Å². The molecular weight excluding hydrogens is 266 g/mol. The maximum atomic E-state index is 12.7. The van der Waals surface area contributed by atoms with E-state index in [9.17, 15) is 9.59 Å². The van der Waals surface area contributed by atoms with E-state index >= 15 is 0 Å². The summed E-state index contributed by atoms with van der Waals surface area (Å²) >= 11 is 0. The van der Waals surface area contributed by atoms with Gasteiger partial charge in [0, 0.05) is 25.8 Å². The third kappa shape index (κ3) is 5.10. The van der Waals surface area contributed by atoms with Gasteiger partial charge in [-0.3, -0.25) is 9.59 Å². The molecule has 0 heterocycles. The molecule has 0 atom stereocenters. The van der Waals surface area contributed by atoms with Crippen molar-refractivity contribution in [2.75, 3.05) is 32.0 Å². The minimum Gasteiger partial charge on any atom is -0.384 e. The van der Waals surface area contributed by atoms with Gasteiger partial charge < -0.3 is 15.5 Å². The van der Waals surface area contributed by atoms with Gasteiger partial charge in [0.1, 0.15) is 0 Å². The predicted octanol–water partition coefficient (Wildman–Crippen LogP) is 2.11. The Morgan fingerprint density at radius 2 is 1.86 bits per heavy atom. The fourth-order valence-electron chi connectivity index (χ4n) is 2.03. The van der Waals surface area contributed by atoms with Gasteiger partial charge in [-0.15, -0.1) is 0 Å². The first kappa shape index (κ1) is 17.0. The number of carbonyl (C=O) groups is 2. The van der Waals surface area contributed by atoms with Crippen LogP contribution in [0.15, 0.2) is 24.3 Å². The molecule has 0 unspecified atom stereocenters. The summed E-state index contributed by atoms with van der Waals surface area (Å²) in [6, 6.07) is 7.44. The van der Waals surface area contributed by atoms with E-state index in [2.05, 4.69) is 17.6 Å². The van der Waals surface area contributed by atoms with Gasteiger partial charge in [0.2, 0.25) is 5.91 Å². The van der Waals surface area contributed by atoms with E-state index in [0.717, 1.165) is 25.1 Å². The Bertz CT molecular complexity index is 474. The normalized spacial score (nSPS) is 10.0. The van der Waals surface area contributed by atoms with E-state index in [1.807, 2.05) is 25.1 Å². The van der Waals surface area contributed by atoms with Crippen molar-refractivity contribution in [3.05, 3.63) is 29.8 Å². The average molecular weight is 291 g/mol. The standard InChI is InChI=1S/C16H25N3O2/c1-4-10-18-14-9-7-6-8-13(14)16(21)19(11-5-2)12-15(20)17-3/h6-9,18H,4-5,10-12H2,1-3H3,(H,17,20). The van der Waals surface area contributed by atoms with Crippen LogP contribution < -0.4 is 10.6 Å². The third-order valence-corrected chi connectivity index (χ3v) is 3.12. The number of para-hydroxylation sites is 1. The molecule has 5 nitrogen and oxygen atoms in total. The van der Waals surface area contributed by atoms with Crippen LogP contribution in [-0.2, 0) is 4.79 Å². The quantitative estimate of drug-likeness (QED) is 0.771. The maximum absolute atomic E-state index is 12.7. The molecule has 0 radical (unpaired) electrons. The minimum atomic E-state index is -0.157. The number of likely N-dealkylation sites (N-methyl/N-ethyl adjacent to an activating group) is 1. The maximum Gasteiger partial charge on any atom is 0.256 e. The summed E-state index contributed by atoms with van der Waals surface area (Å²) in [5, 5.41) is 5.82. The minimum absolute atomic E-state index is 0.0886. The van der Waals surface area contributed by atoms with Crippen LogP contribution in [0.3, 0.4) is 0 Å². The summed E-state index contributed by atoms with van der Waals surface area (Å²) in [5.41, 5.74) is 1.44. The Balaban J connectivity index is 2.94. The summed E-state index contributed by atoms with van der Waals surface area (Å²) < 4.78 is 0. The number of nitrogens with zero attached hydrogens (tertiary/aromatic N) is 1. The van der Waals surface area contributed by atoms with Gasteiger partial charge in [-0.25, -0.2) is 0 Å². The number of hydrogen-bond acceptors (Lipinski definition) is 3. The number of amides is 2. The highest BCUT2D eigenvalue weighted by atomic mass is 16.2. The van der Waals surface area contributed by atoms with Crippen LogP contribution in [0.25, 0.3) is 0 Å². The molecule has 1 rings (SSSR count). The SMILES string of the molecule is CCCNc1ccccc1C(=O)N(CCC)CC(=O)NC. The van der Waals surface area contributed by atoms with E-state index < -0.39 is 0 Å². The zero-order valence-electron chi connectivity index (χ0n) is 13.1. The lowest BCUT2D eigenvalue weighted by Gasteiger charge is -2.22. The second-order valence-corrected chi connectivity index (χ2v) is 4.87. The fraction of sp³-hybridized carbons (Fsp3) is 0.500. The Morgan fingerprint density at radius 3 is 2.48 bits per heavy atom. The molecule has 1 aromatic rings. The lowest BCUT2D eigenvalue weighted by atomic mass is 10.1. The second kappa shape index (κ2) is 9.00. The number of benzene rings is 1. The number of anilines is 1. The zero-order valence-corrected chi connectivity index (χ0v) is 13.1. The Morgan fingerprint density at radius 1 is 1.14 bits per heavy atom. The van der Waals surface area contributed by atoms with Crippen LogP contribution in [-0.4, -0.2) is 43.4 Å². The highest BCUT2D eigenvalue weighted by Crippen LogP contribution is 2.17. The van der Waals surface area contributed by atoms with Crippen molar-refractivity contribution in [1.82, 2.24) is 10.2 Å². The van der Waals surface area contributed by atoms with E-state index in [0.29, 0.717) is 12.1 Å². The molecule has 0 fully saturated rings. The first-order valence-corrected chi connectivity index (χ1v) is 7.46. The van der Waals surface area contributed by atoms with Gasteiger partial charge in [0.25, 0.3) is 5.91 Å². The molecule has 0 aliphatic rings. The molecule has 0 bridgehead atoms. The molecule has 2 N–H and O–H groups in total. The van der Waals surface area contributed by atoms with Crippen molar-refractivity contribution < 1.29 is 9.59 Å². The van der Waals surface area contributed by atoms with Gasteiger partial charge in [-0.2, -0.15) is 0 Å². The van der Waals surface area contributed by atoms with E-state index in [1.165, 1.54) is 0 Å². The molecule has 5 heteroatoms. The van der Waals surface area contributed by atoms with E-state index in [1.54, 1.807) is 18.0 Å². The van der Waals surface area contributed by atoms with Crippen LogP contribution >= 0.6 is 0 Å². The lowest BCUT2D eigenvalue weighted by Crippen LogP contribution is -2.40. The first-order chi connectivity index (χ1) is 10.1. The summed E-state index contributed by atoms with van der Waals surface area (Å²) in [4.78, 5) is 25.8. The molecule has 21 heavy (non-hydrogen) atoms. The predicted molar refractivity (Wildman–Crippen MR) is 85.5 cm³/mol. The first-order valence-electron chi connectivity index (χ1n) is 7.46. The molecule has 0 saturated heterocycles. The smallest absolute Gasteiger partial charge is 0.256 e. The lowest BCUT2D eigenvalue weighted by molar-refractivity contribution is -0.121. The summed E-state index contributed by atoms with van der Waals surface area (Å²) in [7, 11) is 1.58. The van der Waals surface area contributed by atoms with Crippen LogP contribution in [0.1, 0.15) is 37.0 Å². The molecule has 2 amide bonds. The van der Waals surface area contributed by atoms with Crippen molar-refractivity contribution in [3.63, 3.8) is 0 Å². The Labute approximate surface area is 126 Å². The highest BCUT2D eigenvalue weighted by Gasteiger charge is 2.19. The number of carbonyl (C=O) groups excluding carboxylic acids is 2. The highest BCUT2D eigenvalue weighted by molar-refractivity contribution is 6.01. The van der Waals surface area contributed by atoms with Gasteiger partial charge in [0.15, 0.2) is 0 Å². The van der Waals surface area contributed by atoms with E-state index in [4.69, 9.17) is 0 Å². The van der Waals surface area contributed by atoms with Gasteiger partial charge in [0.05, 0.1) is 12.1 Å². The Hall–Kier alpha value is -2.04. The van der Waals surface area contributed by atoms with Crippen LogP contribution in [0, 0.1) is 0 Å². The molecule has 0 saturated carbocycles. The molecule has 0 spiro atoms. The molecule has 0 aliphatic heterocycles. The third-order valence-electron chi connectivity index (χ3n) is 3.12. The largest absolute Gasteiger partial charge is 0.384 e. The van der Waals surface area contributed by atoms with Crippen LogP contribution in [0.4, 0.5) is 5.69 Å². The zero-order chi connectivity index (χ0) is 15.7. The second-order valence-electron chi connectivity index (χ2n) is 4.87. The molecule has 1 aromatic carbocycles. The molecular formula is C16H25N3O2. The van der Waals surface area contributed by atoms with Gasteiger partial charge >= 0.3 is 0 Å². The summed E-state index contributed by atoms with van der Waals surface area (Å²) in [6.45, 7) is 5.53. The van der Waals surface area contributed by atoms with Crippen LogP contribution in [0.5, 0.6) is 0 Å². The van der Waals surface area contributed by atoms with Crippen molar-refractivity contribution >= 4 is 17.5 Å². The van der Waals surface area contributed by atoms with Crippen molar-refractivity contribution in [2.24, 2.45) is 0 Å². The van der Waals surface area contributed by atoms with Crippen molar-refractivity contribution in [3.8, 4) is 0 Å².